The summed E-state index contributed by atoms with van der Waals surface area (Å²) >= 11 is 0. The van der Waals surface area contributed by atoms with Gasteiger partial charge >= 0.3 is 11.9 Å². The van der Waals surface area contributed by atoms with Gasteiger partial charge in [-0.15, -0.1) is 0 Å². The quantitative estimate of drug-likeness (QED) is 0.534. The summed E-state index contributed by atoms with van der Waals surface area (Å²) in [6.45, 7) is 3.67. The fourth-order valence-electron chi connectivity index (χ4n) is 1.44. The molecule has 0 aliphatic rings. The molecule has 1 amide bonds. The fourth-order valence-corrected chi connectivity index (χ4v) is 1.44. The average Bonchev–Trinajstić information content (AvgIpc) is 2.32. The highest BCUT2D eigenvalue weighted by molar-refractivity contribution is 5.86. The largest absolute Gasteiger partial charge is 0.480 e. The van der Waals surface area contributed by atoms with Crippen molar-refractivity contribution in [3.05, 3.63) is 0 Å². The summed E-state index contributed by atoms with van der Waals surface area (Å²) in [7, 11) is 1.20. The van der Waals surface area contributed by atoms with E-state index in [1.807, 2.05) is 13.8 Å². The molecule has 0 radical (unpaired) electrons. The molecule has 0 saturated carbocycles. The Morgan fingerprint density at radius 3 is 2.26 bits per heavy atom. The molecule has 0 bridgehead atoms. The standard InChI is InChI=1S/C12H21NO6/c1-7(2)6-9(14)11(16)13-8(12(17)18)4-5-10(15)19-3/h7-9,14H,4-6H2,1-3H3,(H,13,16)(H,17,18)/t8-,9-/m0/s1. The van der Waals surface area contributed by atoms with Crippen molar-refractivity contribution in [2.45, 2.75) is 45.3 Å². The van der Waals surface area contributed by atoms with Crippen molar-refractivity contribution in [1.29, 1.82) is 0 Å². The summed E-state index contributed by atoms with van der Waals surface area (Å²) in [4.78, 5) is 33.4. The first-order valence-corrected chi connectivity index (χ1v) is 6.06. The van der Waals surface area contributed by atoms with Crippen molar-refractivity contribution in [2.24, 2.45) is 5.92 Å². The minimum absolute atomic E-state index is 0.0812. The maximum Gasteiger partial charge on any atom is 0.326 e. The first-order valence-electron chi connectivity index (χ1n) is 6.06. The molecule has 110 valence electrons. The second kappa shape index (κ2) is 8.47. The number of methoxy groups -OCH3 is 1. The summed E-state index contributed by atoms with van der Waals surface area (Å²) in [5, 5.41) is 20.7. The number of amides is 1. The molecule has 0 fully saturated rings. The molecule has 3 N–H and O–H groups in total. The van der Waals surface area contributed by atoms with Crippen molar-refractivity contribution < 1.29 is 29.3 Å². The number of rotatable bonds is 8. The van der Waals surface area contributed by atoms with Gasteiger partial charge < -0.3 is 20.3 Å². The van der Waals surface area contributed by atoms with Gasteiger partial charge in [0.15, 0.2) is 0 Å². The second-order valence-electron chi connectivity index (χ2n) is 4.66. The van der Waals surface area contributed by atoms with Crippen molar-refractivity contribution in [3.8, 4) is 0 Å². The minimum atomic E-state index is -1.26. The van der Waals surface area contributed by atoms with E-state index in [9.17, 15) is 19.5 Å². The smallest absolute Gasteiger partial charge is 0.326 e. The Morgan fingerprint density at radius 2 is 1.84 bits per heavy atom. The average molecular weight is 275 g/mol. The van der Waals surface area contributed by atoms with Crippen LogP contribution < -0.4 is 5.32 Å². The van der Waals surface area contributed by atoms with Crippen molar-refractivity contribution in [1.82, 2.24) is 5.32 Å². The molecule has 0 aromatic heterocycles. The second-order valence-corrected chi connectivity index (χ2v) is 4.66. The van der Waals surface area contributed by atoms with Crippen LogP contribution in [0.15, 0.2) is 0 Å². The van der Waals surface area contributed by atoms with Crippen LogP contribution in [-0.4, -0.2) is 47.3 Å². The third-order valence-corrected chi connectivity index (χ3v) is 2.48. The van der Waals surface area contributed by atoms with Gasteiger partial charge in [0.2, 0.25) is 5.91 Å². The van der Waals surface area contributed by atoms with E-state index in [0.29, 0.717) is 0 Å². The maximum absolute atomic E-state index is 11.6. The summed E-state index contributed by atoms with van der Waals surface area (Å²) in [6, 6.07) is -1.21. The highest BCUT2D eigenvalue weighted by Gasteiger charge is 2.25. The summed E-state index contributed by atoms with van der Waals surface area (Å²) in [6.07, 6.45) is -1.20. The van der Waals surface area contributed by atoms with Crippen LogP contribution in [0.2, 0.25) is 0 Å². The zero-order valence-electron chi connectivity index (χ0n) is 11.4. The number of carbonyl (C=O) groups is 3. The van der Waals surface area contributed by atoms with E-state index in [1.165, 1.54) is 7.11 Å². The number of carbonyl (C=O) groups excluding carboxylic acids is 2. The Hall–Kier alpha value is -1.63. The van der Waals surface area contributed by atoms with Gasteiger partial charge in [0.25, 0.3) is 0 Å². The van der Waals surface area contributed by atoms with Crippen LogP contribution in [0.5, 0.6) is 0 Å². The molecular formula is C12H21NO6. The van der Waals surface area contributed by atoms with E-state index in [0.717, 1.165) is 0 Å². The van der Waals surface area contributed by atoms with Crippen LogP contribution in [0.25, 0.3) is 0 Å². The van der Waals surface area contributed by atoms with E-state index in [1.54, 1.807) is 0 Å². The summed E-state index contributed by atoms with van der Waals surface area (Å²) in [5.74, 6) is -2.44. The predicted octanol–water partition coefficient (Wildman–Crippen LogP) is -0.0840. The number of esters is 1. The third-order valence-electron chi connectivity index (χ3n) is 2.48. The lowest BCUT2D eigenvalue weighted by Crippen LogP contribution is -2.46. The van der Waals surface area contributed by atoms with Gasteiger partial charge in [-0.1, -0.05) is 13.8 Å². The first kappa shape index (κ1) is 17.4. The number of nitrogens with one attached hydrogen (secondary N) is 1. The fraction of sp³-hybridized carbons (Fsp3) is 0.750. The van der Waals surface area contributed by atoms with Gasteiger partial charge in [-0.25, -0.2) is 4.79 Å². The molecule has 19 heavy (non-hydrogen) atoms. The van der Waals surface area contributed by atoms with Gasteiger partial charge in [-0.3, -0.25) is 9.59 Å². The molecular weight excluding hydrogens is 254 g/mol. The Morgan fingerprint density at radius 1 is 1.26 bits per heavy atom. The Bertz CT molecular complexity index is 328. The van der Waals surface area contributed by atoms with Crippen molar-refractivity contribution in [3.63, 3.8) is 0 Å². The highest BCUT2D eigenvalue weighted by atomic mass is 16.5. The van der Waals surface area contributed by atoms with Crippen LogP contribution in [0.1, 0.15) is 33.1 Å². The molecule has 0 spiro atoms. The maximum atomic E-state index is 11.6. The molecule has 7 heteroatoms. The summed E-state index contributed by atoms with van der Waals surface area (Å²) < 4.78 is 4.39. The monoisotopic (exact) mass is 275 g/mol. The SMILES string of the molecule is COC(=O)CC[C@H](NC(=O)[C@@H](O)CC(C)C)C(=O)O. The molecule has 0 unspecified atom stereocenters. The predicted molar refractivity (Wildman–Crippen MR) is 66.3 cm³/mol. The Labute approximate surface area is 111 Å². The number of ether oxygens (including phenoxy) is 1. The highest BCUT2D eigenvalue weighted by Crippen LogP contribution is 2.06. The summed E-state index contributed by atoms with van der Waals surface area (Å²) in [5.41, 5.74) is 0. The van der Waals surface area contributed by atoms with Crippen molar-refractivity contribution in [2.75, 3.05) is 7.11 Å². The molecule has 0 aromatic carbocycles. The van der Waals surface area contributed by atoms with Gasteiger partial charge in [-0.2, -0.15) is 0 Å². The molecule has 0 aliphatic heterocycles. The lowest BCUT2D eigenvalue weighted by atomic mass is 10.0. The minimum Gasteiger partial charge on any atom is -0.480 e. The number of hydrogen-bond acceptors (Lipinski definition) is 5. The number of aliphatic carboxylic acids is 1. The van der Waals surface area contributed by atoms with Gasteiger partial charge in [0.1, 0.15) is 12.1 Å². The van der Waals surface area contributed by atoms with Crippen LogP contribution >= 0.6 is 0 Å². The molecule has 0 saturated heterocycles. The van der Waals surface area contributed by atoms with Gasteiger partial charge in [0, 0.05) is 6.42 Å². The van der Waals surface area contributed by atoms with Crippen molar-refractivity contribution >= 4 is 17.8 Å². The van der Waals surface area contributed by atoms with Crippen LogP contribution in [-0.2, 0) is 19.1 Å². The van der Waals surface area contributed by atoms with E-state index < -0.39 is 30.0 Å². The lowest BCUT2D eigenvalue weighted by molar-refractivity contribution is -0.145. The molecule has 2 atom stereocenters. The van der Waals surface area contributed by atoms with E-state index >= 15 is 0 Å². The molecule has 7 nitrogen and oxygen atoms in total. The topological polar surface area (TPSA) is 113 Å². The van der Waals surface area contributed by atoms with E-state index in [-0.39, 0.29) is 25.2 Å². The van der Waals surface area contributed by atoms with E-state index in [4.69, 9.17) is 5.11 Å². The lowest BCUT2D eigenvalue weighted by Gasteiger charge is -2.17. The molecule has 0 aromatic rings. The van der Waals surface area contributed by atoms with E-state index in [2.05, 4.69) is 10.1 Å². The Balaban J connectivity index is 4.37. The van der Waals surface area contributed by atoms with Crippen LogP contribution in [0, 0.1) is 5.92 Å². The number of aliphatic hydroxyl groups excluding tert-OH is 1. The Kier molecular flexibility index (Phi) is 7.74. The third kappa shape index (κ3) is 7.40. The van der Waals surface area contributed by atoms with Gasteiger partial charge in [0.05, 0.1) is 7.11 Å². The number of aliphatic hydroxyl groups is 1. The number of carboxylic acids is 1. The van der Waals surface area contributed by atoms with Crippen LogP contribution in [0.4, 0.5) is 0 Å². The number of hydrogen-bond donors (Lipinski definition) is 3. The zero-order valence-corrected chi connectivity index (χ0v) is 11.4. The van der Waals surface area contributed by atoms with Gasteiger partial charge in [-0.05, 0) is 18.8 Å². The molecule has 0 rings (SSSR count). The number of carboxylic acid groups (broad SMARTS) is 1. The van der Waals surface area contributed by atoms with Crippen LogP contribution in [0.3, 0.4) is 0 Å². The zero-order chi connectivity index (χ0) is 15.0. The first-order chi connectivity index (χ1) is 8.77. The normalized spacial score (nSPS) is 13.7. The molecule has 0 heterocycles. The molecule has 0 aliphatic carbocycles.